The Kier molecular flexibility index (Phi) is 3.56. The molecule has 1 aliphatic rings. The summed E-state index contributed by atoms with van der Waals surface area (Å²) in [6.07, 6.45) is 0. The van der Waals surface area contributed by atoms with Gasteiger partial charge in [-0.2, -0.15) is 0 Å². The van der Waals surface area contributed by atoms with Crippen molar-refractivity contribution < 1.29 is 9.18 Å². The van der Waals surface area contributed by atoms with E-state index in [4.69, 9.17) is 0 Å². The highest BCUT2D eigenvalue weighted by molar-refractivity contribution is 9.10. The minimum absolute atomic E-state index is 0.135. The van der Waals surface area contributed by atoms with Crippen LogP contribution >= 0.6 is 15.9 Å². The summed E-state index contributed by atoms with van der Waals surface area (Å²) in [5.74, 6) is -0.702. The van der Waals surface area contributed by atoms with Crippen molar-refractivity contribution in [3.63, 3.8) is 0 Å². The van der Waals surface area contributed by atoms with Crippen LogP contribution < -0.4 is 5.32 Å². The Bertz CT molecular complexity index is 405. The van der Waals surface area contributed by atoms with E-state index in [1.807, 2.05) is 0 Å². The van der Waals surface area contributed by atoms with E-state index in [2.05, 4.69) is 21.2 Å². The Labute approximate surface area is 102 Å². The van der Waals surface area contributed by atoms with Gasteiger partial charge < -0.3 is 10.2 Å². The van der Waals surface area contributed by atoms with E-state index in [0.717, 1.165) is 13.1 Å². The molecule has 1 aliphatic heterocycles. The second-order valence-electron chi connectivity index (χ2n) is 3.67. The predicted molar refractivity (Wildman–Crippen MR) is 62.9 cm³/mol. The second-order valence-corrected chi connectivity index (χ2v) is 4.58. The first kappa shape index (κ1) is 11.5. The Morgan fingerprint density at radius 1 is 1.38 bits per heavy atom. The molecule has 0 unspecified atom stereocenters. The fourth-order valence-electron chi connectivity index (χ4n) is 1.70. The molecule has 86 valence electrons. The van der Waals surface area contributed by atoms with Crippen LogP contribution in [0.1, 0.15) is 10.4 Å². The molecular formula is C11H12BrFN2O. The number of nitrogens with zero attached hydrogens (tertiary/aromatic N) is 1. The summed E-state index contributed by atoms with van der Waals surface area (Å²) in [7, 11) is 0. The maximum atomic E-state index is 13.5. The summed E-state index contributed by atoms with van der Waals surface area (Å²) in [6.45, 7) is 2.79. The first-order valence-electron chi connectivity index (χ1n) is 5.13. The van der Waals surface area contributed by atoms with Crippen LogP contribution in [0.4, 0.5) is 4.39 Å². The third-order valence-electron chi connectivity index (χ3n) is 2.56. The predicted octanol–water partition coefficient (Wildman–Crippen LogP) is 1.63. The summed E-state index contributed by atoms with van der Waals surface area (Å²) in [6, 6.07) is 4.42. The average molecular weight is 287 g/mol. The summed E-state index contributed by atoms with van der Waals surface area (Å²) < 4.78 is 14.2. The monoisotopic (exact) mass is 286 g/mol. The Balaban J connectivity index is 2.22. The lowest BCUT2D eigenvalue weighted by molar-refractivity contribution is 0.0731. The molecular weight excluding hydrogens is 275 g/mol. The van der Waals surface area contributed by atoms with Gasteiger partial charge >= 0.3 is 0 Å². The molecule has 5 heteroatoms. The lowest BCUT2D eigenvalue weighted by Crippen LogP contribution is -2.46. The number of amides is 1. The van der Waals surface area contributed by atoms with Crippen LogP contribution in [0.3, 0.4) is 0 Å². The van der Waals surface area contributed by atoms with E-state index >= 15 is 0 Å². The number of carbonyl (C=O) groups excluding carboxylic acids is 1. The van der Waals surface area contributed by atoms with Crippen molar-refractivity contribution >= 4 is 21.8 Å². The summed E-state index contributed by atoms with van der Waals surface area (Å²) in [4.78, 5) is 13.7. The van der Waals surface area contributed by atoms with Crippen LogP contribution in [0.25, 0.3) is 0 Å². The molecule has 1 aromatic carbocycles. The van der Waals surface area contributed by atoms with Gasteiger partial charge in [-0.05, 0) is 18.2 Å². The van der Waals surface area contributed by atoms with Crippen molar-refractivity contribution in [1.82, 2.24) is 10.2 Å². The molecule has 3 nitrogen and oxygen atoms in total. The zero-order valence-corrected chi connectivity index (χ0v) is 10.3. The first-order valence-corrected chi connectivity index (χ1v) is 5.93. The number of nitrogens with one attached hydrogen (secondary N) is 1. The molecule has 0 radical (unpaired) electrons. The number of hydrogen-bond donors (Lipinski definition) is 1. The topological polar surface area (TPSA) is 32.3 Å². The summed E-state index contributed by atoms with van der Waals surface area (Å²) in [5, 5.41) is 3.15. The quantitative estimate of drug-likeness (QED) is 0.851. The molecule has 0 aromatic heterocycles. The Morgan fingerprint density at radius 3 is 2.75 bits per heavy atom. The Morgan fingerprint density at radius 2 is 2.06 bits per heavy atom. The van der Waals surface area contributed by atoms with Crippen molar-refractivity contribution in [3.05, 3.63) is 34.1 Å². The lowest BCUT2D eigenvalue weighted by atomic mass is 10.1. The van der Waals surface area contributed by atoms with E-state index in [9.17, 15) is 9.18 Å². The standard InChI is InChI=1S/C11H12BrFN2O/c12-8-1-2-10(13)9(7-8)11(16)15-5-3-14-4-6-15/h1-2,7,14H,3-6H2. The molecule has 0 atom stereocenters. The molecule has 1 heterocycles. The van der Waals surface area contributed by atoms with Crippen LogP contribution in [-0.2, 0) is 0 Å². The zero-order chi connectivity index (χ0) is 11.5. The van der Waals surface area contributed by atoms with Gasteiger partial charge in [0.1, 0.15) is 5.82 Å². The van der Waals surface area contributed by atoms with Crippen LogP contribution in [0, 0.1) is 5.82 Å². The third-order valence-corrected chi connectivity index (χ3v) is 3.06. The van der Waals surface area contributed by atoms with Crippen LogP contribution in [0.15, 0.2) is 22.7 Å². The number of piperazine rings is 1. The van der Waals surface area contributed by atoms with E-state index in [-0.39, 0.29) is 11.5 Å². The van der Waals surface area contributed by atoms with Crippen molar-refractivity contribution in [2.75, 3.05) is 26.2 Å². The van der Waals surface area contributed by atoms with Crippen LogP contribution in [-0.4, -0.2) is 37.0 Å². The highest BCUT2D eigenvalue weighted by atomic mass is 79.9. The highest BCUT2D eigenvalue weighted by Crippen LogP contribution is 2.17. The molecule has 0 spiro atoms. The molecule has 16 heavy (non-hydrogen) atoms. The van der Waals surface area contributed by atoms with Gasteiger partial charge in [0.15, 0.2) is 0 Å². The maximum absolute atomic E-state index is 13.5. The highest BCUT2D eigenvalue weighted by Gasteiger charge is 2.20. The number of halogens is 2. The van der Waals surface area contributed by atoms with Crippen molar-refractivity contribution in [2.24, 2.45) is 0 Å². The largest absolute Gasteiger partial charge is 0.336 e. The van der Waals surface area contributed by atoms with Gasteiger partial charge in [-0.3, -0.25) is 4.79 Å². The van der Waals surface area contributed by atoms with E-state index < -0.39 is 5.82 Å². The summed E-state index contributed by atoms with van der Waals surface area (Å²) >= 11 is 3.24. The number of hydrogen-bond acceptors (Lipinski definition) is 2. The third kappa shape index (κ3) is 2.41. The smallest absolute Gasteiger partial charge is 0.256 e. The van der Waals surface area contributed by atoms with Gasteiger partial charge in [0.05, 0.1) is 5.56 Å². The fraction of sp³-hybridized carbons (Fsp3) is 0.364. The zero-order valence-electron chi connectivity index (χ0n) is 8.67. The average Bonchev–Trinajstić information content (AvgIpc) is 2.32. The van der Waals surface area contributed by atoms with E-state index in [1.54, 1.807) is 11.0 Å². The number of benzene rings is 1. The molecule has 0 aliphatic carbocycles. The lowest BCUT2D eigenvalue weighted by Gasteiger charge is -2.27. The van der Waals surface area contributed by atoms with Gasteiger partial charge in [0, 0.05) is 30.7 Å². The molecule has 0 bridgehead atoms. The van der Waals surface area contributed by atoms with Gasteiger partial charge in [0.2, 0.25) is 0 Å². The maximum Gasteiger partial charge on any atom is 0.256 e. The van der Waals surface area contributed by atoms with Gasteiger partial charge in [-0.25, -0.2) is 4.39 Å². The normalized spacial score (nSPS) is 16.2. The molecule has 1 saturated heterocycles. The fourth-order valence-corrected chi connectivity index (χ4v) is 2.06. The Hall–Kier alpha value is -0.940. The van der Waals surface area contributed by atoms with Gasteiger partial charge in [-0.15, -0.1) is 0 Å². The minimum atomic E-state index is -0.466. The van der Waals surface area contributed by atoms with Gasteiger partial charge in [-0.1, -0.05) is 15.9 Å². The number of rotatable bonds is 1. The van der Waals surface area contributed by atoms with Crippen LogP contribution in [0.5, 0.6) is 0 Å². The first-order chi connectivity index (χ1) is 7.68. The van der Waals surface area contributed by atoms with Crippen molar-refractivity contribution in [2.45, 2.75) is 0 Å². The van der Waals surface area contributed by atoms with Crippen molar-refractivity contribution in [1.29, 1.82) is 0 Å². The molecule has 1 amide bonds. The molecule has 1 aromatic rings. The molecule has 0 saturated carbocycles. The molecule has 1 fully saturated rings. The van der Waals surface area contributed by atoms with E-state index in [0.29, 0.717) is 17.6 Å². The van der Waals surface area contributed by atoms with Gasteiger partial charge in [0.25, 0.3) is 5.91 Å². The second kappa shape index (κ2) is 4.93. The number of carbonyl (C=O) groups is 1. The van der Waals surface area contributed by atoms with Crippen molar-refractivity contribution in [3.8, 4) is 0 Å². The SMILES string of the molecule is O=C(c1cc(Br)ccc1F)N1CCNCC1. The van der Waals surface area contributed by atoms with E-state index in [1.165, 1.54) is 12.1 Å². The van der Waals surface area contributed by atoms with Crippen LogP contribution in [0.2, 0.25) is 0 Å². The minimum Gasteiger partial charge on any atom is -0.336 e. The molecule has 1 N–H and O–H groups in total. The molecule has 2 rings (SSSR count). The summed E-state index contributed by atoms with van der Waals surface area (Å²) in [5.41, 5.74) is 0.135.